The number of anilines is 2. The summed E-state index contributed by atoms with van der Waals surface area (Å²) in [7, 11) is 1.60. The van der Waals surface area contributed by atoms with Crippen LogP contribution in [0, 0.1) is 0 Å². The Morgan fingerprint density at radius 2 is 1.64 bits per heavy atom. The van der Waals surface area contributed by atoms with Crippen molar-refractivity contribution in [2.45, 2.75) is 38.7 Å². The summed E-state index contributed by atoms with van der Waals surface area (Å²) in [5, 5.41) is 0. The van der Waals surface area contributed by atoms with Crippen LogP contribution in [0.5, 0.6) is 6.01 Å². The maximum atomic E-state index is 5.59. The molecule has 0 aliphatic carbocycles. The van der Waals surface area contributed by atoms with Gasteiger partial charge in [-0.05, 0) is 19.8 Å². The molecule has 0 saturated carbocycles. The van der Waals surface area contributed by atoms with Gasteiger partial charge in [-0.15, -0.1) is 0 Å². The Hall–Kier alpha value is -1.63. The summed E-state index contributed by atoms with van der Waals surface area (Å²) in [6.07, 6.45) is 5.15. The van der Waals surface area contributed by atoms with E-state index in [1.54, 1.807) is 7.11 Å². The van der Waals surface area contributed by atoms with E-state index >= 15 is 0 Å². The number of hydrogen-bond acceptors (Lipinski definition) is 7. The van der Waals surface area contributed by atoms with Crippen LogP contribution in [0.15, 0.2) is 0 Å². The minimum absolute atomic E-state index is 0.193. The maximum Gasteiger partial charge on any atom is 0.322 e. The van der Waals surface area contributed by atoms with Gasteiger partial charge in [-0.3, -0.25) is 0 Å². The molecule has 3 rings (SSSR count). The Morgan fingerprint density at radius 3 is 2.27 bits per heavy atom. The molecule has 0 N–H and O–H groups in total. The number of hydrogen-bond donors (Lipinski definition) is 0. The fraction of sp³-hybridized carbons (Fsp3) is 0.800. The third-order valence-corrected chi connectivity index (χ3v) is 4.19. The summed E-state index contributed by atoms with van der Waals surface area (Å²) in [4.78, 5) is 18.0. The molecule has 0 spiro atoms. The second-order valence-electron chi connectivity index (χ2n) is 5.95. The molecule has 0 amide bonds. The van der Waals surface area contributed by atoms with Gasteiger partial charge >= 0.3 is 6.01 Å². The van der Waals surface area contributed by atoms with Crippen molar-refractivity contribution in [1.82, 2.24) is 15.0 Å². The fourth-order valence-electron chi connectivity index (χ4n) is 2.98. The molecule has 1 aromatic rings. The highest BCUT2D eigenvalue weighted by atomic mass is 16.5. The first kappa shape index (κ1) is 15.3. The number of ether oxygens (including phenoxy) is 2. The molecule has 2 fully saturated rings. The standard InChI is InChI=1S/C15H25N5O2/c1-12-11-20(9-10-22-12)14-16-13(17-15(18-14)21-2)19-7-5-3-4-6-8-19/h12H,3-11H2,1-2H3. The molecule has 1 atom stereocenters. The molecule has 3 heterocycles. The summed E-state index contributed by atoms with van der Waals surface area (Å²) in [5.74, 6) is 1.43. The zero-order chi connectivity index (χ0) is 15.4. The first-order chi connectivity index (χ1) is 10.8. The Bertz CT molecular complexity index is 471. The fourth-order valence-corrected chi connectivity index (χ4v) is 2.98. The summed E-state index contributed by atoms with van der Waals surface area (Å²) in [6.45, 7) is 6.39. The van der Waals surface area contributed by atoms with Gasteiger partial charge < -0.3 is 19.3 Å². The molecule has 2 saturated heterocycles. The molecule has 7 heteroatoms. The first-order valence-electron chi connectivity index (χ1n) is 8.18. The van der Waals surface area contributed by atoms with Crippen LogP contribution in [0.4, 0.5) is 11.9 Å². The highest BCUT2D eigenvalue weighted by molar-refractivity contribution is 5.41. The van der Waals surface area contributed by atoms with Gasteiger partial charge in [-0.2, -0.15) is 15.0 Å². The number of nitrogens with zero attached hydrogens (tertiary/aromatic N) is 5. The lowest BCUT2D eigenvalue weighted by molar-refractivity contribution is 0.0525. The molecule has 0 aromatic carbocycles. The number of rotatable bonds is 3. The van der Waals surface area contributed by atoms with E-state index in [0.29, 0.717) is 18.6 Å². The van der Waals surface area contributed by atoms with E-state index in [1.807, 2.05) is 0 Å². The molecule has 22 heavy (non-hydrogen) atoms. The quantitative estimate of drug-likeness (QED) is 0.838. The van der Waals surface area contributed by atoms with Crippen LogP contribution >= 0.6 is 0 Å². The molecule has 1 unspecified atom stereocenters. The summed E-state index contributed by atoms with van der Waals surface area (Å²) < 4.78 is 10.9. The van der Waals surface area contributed by atoms with E-state index in [-0.39, 0.29) is 6.10 Å². The van der Waals surface area contributed by atoms with Crippen molar-refractivity contribution in [3.63, 3.8) is 0 Å². The Labute approximate surface area is 131 Å². The lowest BCUT2D eigenvalue weighted by Gasteiger charge is -2.31. The second kappa shape index (κ2) is 7.09. The molecular formula is C15H25N5O2. The van der Waals surface area contributed by atoms with Crippen LogP contribution in [0.25, 0.3) is 0 Å². The van der Waals surface area contributed by atoms with E-state index in [4.69, 9.17) is 14.5 Å². The van der Waals surface area contributed by atoms with Crippen LogP contribution in [-0.4, -0.2) is 61.0 Å². The number of aromatic nitrogens is 3. The van der Waals surface area contributed by atoms with Crippen LogP contribution < -0.4 is 14.5 Å². The van der Waals surface area contributed by atoms with Gasteiger partial charge in [0.05, 0.1) is 19.8 Å². The van der Waals surface area contributed by atoms with Gasteiger partial charge in [-0.1, -0.05) is 12.8 Å². The van der Waals surface area contributed by atoms with E-state index < -0.39 is 0 Å². The smallest absolute Gasteiger partial charge is 0.322 e. The van der Waals surface area contributed by atoms with E-state index in [1.165, 1.54) is 25.7 Å². The summed E-state index contributed by atoms with van der Waals surface area (Å²) in [6, 6.07) is 0.392. The predicted molar refractivity (Wildman–Crippen MR) is 84.7 cm³/mol. The topological polar surface area (TPSA) is 63.6 Å². The van der Waals surface area contributed by atoms with Crippen molar-refractivity contribution >= 4 is 11.9 Å². The van der Waals surface area contributed by atoms with Crippen molar-refractivity contribution in [2.75, 3.05) is 49.7 Å². The third-order valence-electron chi connectivity index (χ3n) is 4.19. The predicted octanol–water partition coefficient (Wildman–Crippen LogP) is 1.49. The molecule has 0 radical (unpaired) electrons. The van der Waals surface area contributed by atoms with Crippen LogP contribution in [0.1, 0.15) is 32.6 Å². The van der Waals surface area contributed by atoms with Gasteiger partial charge in [0.25, 0.3) is 0 Å². The second-order valence-corrected chi connectivity index (χ2v) is 5.95. The monoisotopic (exact) mass is 307 g/mol. The molecular weight excluding hydrogens is 282 g/mol. The van der Waals surface area contributed by atoms with E-state index in [2.05, 4.69) is 26.7 Å². The lowest BCUT2D eigenvalue weighted by atomic mass is 10.2. The maximum absolute atomic E-state index is 5.59. The van der Waals surface area contributed by atoms with Crippen molar-refractivity contribution in [2.24, 2.45) is 0 Å². The zero-order valence-electron chi connectivity index (χ0n) is 13.5. The van der Waals surface area contributed by atoms with E-state index in [9.17, 15) is 0 Å². The van der Waals surface area contributed by atoms with Crippen LogP contribution in [-0.2, 0) is 4.74 Å². The SMILES string of the molecule is COc1nc(N2CCCCCC2)nc(N2CCOC(C)C2)n1. The van der Waals surface area contributed by atoms with Gasteiger partial charge in [0.15, 0.2) is 0 Å². The van der Waals surface area contributed by atoms with E-state index in [0.717, 1.165) is 32.1 Å². The summed E-state index contributed by atoms with van der Waals surface area (Å²) >= 11 is 0. The third kappa shape index (κ3) is 3.58. The van der Waals surface area contributed by atoms with Crippen molar-refractivity contribution < 1.29 is 9.47 Å². The molecule has 7 nitrogen and oxygen atoms in total. The molecule has 0 bridgehead atoms. The molecule has 2 aliphatic heterocycles. The molecule has 1 aromatic heterocycles. The lowest BCUT2D eigenvalue weighted by Crippen LogP contribution is -2.42. The zero-order valence-corrected chi connectivity index (χ0v) is 13.5. The highest BCUT2D eigenvalue weighted by Gasteiger charge is 2.22. The van der Waals surface area contributed by atoms with Gasteiger partial charge in [0, 0.05) is 26.2 Å². The van der Waals surface area contributed by atoms with Crippen molar-refractivity contribution in [3.05, 3.63) is 0 Å². The van der Waals surface area contributed by atoms with Crippen LogP contribution in [0.3, 0.4) is 0 Å². The Morgan fingerprint density at radius 1 is 0.955 bits per heavy atom. The van der Waals surface area contributed by atoms with Gasteiger partial charge in [0.2, 0.25) is 11.9 Å². The highest BCUT2D eigenvalue weighted by Crippen LogP contribution is 2.22. The Balaban J connectivity index is 1.85. The van der Waals surface area contributed by atoms with Gasteiger partial charge in [-0.25, -0.2) is 0 Å². The first-order valence-corrected chi connectivity index (χ1v) is 8.18. The number of methoxy groups -OCH3 is 1. The normalized spacial score (nSPS) is 23.3. The average Bonchev–Trinajstić information content (AvgIpc) is 2.83. The minimum atomic E-state index is 0.193. The van der Waals surface area contributed by atoms with Crippen molar-refractivity contribution in [1.29, 1.82) is 0 Å². The minimum Gasteiger partial charge on any atom is -0.467 e. The molecule has 122 valence electrons. The van der Waals surface area contributed by atoms with Gasteiger partial charge in [0.1, 0.15) is 0 Å². The Kier molecular flexibility index (Phi) is 4.92. The largest absolute Gasteiger partial charge is 0.467 e. The van der Waals surface area contributed by atoms with Crippen LogP contribution in [0.2, 0.25) is 0 Å². The van der Waals surface area contributed by atoms with Crippen molar-refractivity contribution in [3.8, 4) is 6.01 Å². The number of morpholine rings is 1. The molecule has 2 aliphatic rings. The summed E-state index contributed by atoms with van der Waals surface area (Å²) in [5.41, 5.74) is 0. The average molecular weight is 307 g/mol.